The molecule has 1 aromatic rings. The van der Waals surface area contributed by atoms with Crippen LogP contribution in [0.5, 0.6) is 0 Å². The fraction of sp³-hybridized carbons (Fsp3) is 0.556. The van der Waals surface area contributed by atoms with Crippen molar-refractivity contribution in [3.8, 4) is 0 Å². The van der Waals surface area contributed by atoms with Gasteiger partial charge in [-0.15, -0.1) is 11.6 Å². The summed E-state index contributed by atoms with van der Waals surface area (Å²) in [6.07, 6.45) is 1.58. The van der Waals surface area contributed by atoms with Gasteiger partial charge in [-0.1, -0.05) is 0 Å². The lowest BCUT2D eigenvalue weighted by atomic mass is 10.4. The van der Waals surface area contributed by atoms with Gasteiger partial charge in [-0.2, -0.15) is 5.10 Å². The van der Waals surface area contributed by atoms with Crippen LogP contribution in [0.15, 0.2) is 12.3 Å². The molecule has 5 nitrogen and oxygen atoms in total. The van der Waals surface area contributed by atoms with Crippen LogP contribution in [0, 0.1) is 0 Å². The minimum absolute atomic E-state index is 0.149. The molecule has 0 aromatic carbocycles. The summed E-state index contributed by atoms with van der Waals surface area (Å²) < 4.78 is 6.63. The molecule has 0 atom stereocenters. The van der Waals surface area contributed by atoms with Crippen molar-refractivity contribution < 1.29 is 9.53 Å². The van der Waals surface area contributed by atoms with E-state index in [1.165, 1.54) is 4.68 Å². The van der Waals surface area contributed by atoms with Crippen molar-refractivity contribution in [1.29, 1.82) is 0 Å². The normalized spacial score (nSPS) is 10.3. The summed E-state index contributed by atoms with van der Waals surface area (Å²) in [5.74, 6) is 0.319. The first kappa shape index (κ1) is 12.0. The van der Waals surface area contributed by atoms with E-state index in [1.807, 2.05) is 0 Å². The zero-order chi connectivity index (χ0) is 11.1. The molecule has 0 aliphatic heterocycles. The first-order valence-corrected chi connectivity index (χ1v) is 5.19. The highest BCUT2D eigenvalue weighted by Gasteiger charge is 2.07. The highest BCUT2D eigenvalue weighted by atomic mass is 35.5. The molecule has 0 radical (unpaired) electrons. The molecule has 0 saturated carbocycles. The van der Waals surface area contributed by atoms with E-state index in [0.29, 0.717) is 31.3 Å². The Labute approximate surface area is 93.4 Å². The largest absolute Gasteiger partial charge is 0.378 e. The van der Waals surface area contributed by atoms with E-state index < -0.39 is 0 Å². The molecule has 0 saturated heterocycles. The quantitative estimate of drug-likeness (QED) is 0.570. The second-order valence-corrected chi connectivity index (χ2v) is 3.28. The summed E-state index contributed by atoms with van der Waals surface area (Å²) in [5, 5.41) is 6.62. The maximum absolute atomic E-state index is 11.5. The number of aryl methyl sites for hydroxylation is 1. The Morgan fingerprint density at radius 3 is 3.07 bits per heavy atom. The minimum Gasteiger partial charge on any atom is -0.378 e. The maximum atomic E-state index is 11.5. The smallest absolute Gasteiger partial charge is 0.269 e. The third-order valence-corrected chi connectivity index (χ3v) is 1.96. The third-order valence-electron chi connectivity index (χ3n) is 1.81. The van der Waals surface area contributed by atoms with Crippen molar-refractivity contribution in [3.63, 3.8) is 0 Å². The van der Waals surface area contributed by atoms with E-state index in [0.717, 1.165) is 0 Å². The Balaban J connectivity index is 2.22. The van der Waals surface area contributed by atoms with Crippen LogP contribution < -0.4 is 5.32 Å². The molecule has 0 unspecified atom stereocenters. The number of alkyl halides is 1. The van der Waals surface area contributed by atoms with Gasteiger partial charge in [0, 0.05) is 25.7 Å². The van der Waals surface area contributed by atoms with Crippen molar-refractivity contribution in [3.05, 3.63) is 18.0 Å². The molecule has 0 aliphatic carbocycles. The van der Waals surface area contributed by atoms with Gasteiger partial charge >= 0.3 is 0 Å². The molecule has 84 valence electrons. The molecular formula is C9H14ClN3O2. The van der Waals surface area contributed by atoms with Gasteiger partial charge in [-0.3, -0.25) is 9.48 Å². The minimum atomic E-state index is -0.149. The number of carbonyl (C=O) groups excluding carboxylic acids is 1. The van der Waals surface area contributed by atoms with E-state index in [9.17, 15) is 4.79 Å². The lowest BCUT2D eigenvalue weighted by Gasteiger charge is -2.05. The van der Waals surface area contributed by atoms with Crippen LogP contribution in [-0.4, -0.2) is 41.3 Å². The van der Waals surface area contributed by atoms with Gasteiger partial charge in [-0.25, -0.2) is 0 Å². The monoisotopic (exact) mass is 231 g/mol. The summed E-state index contributed by atoms with van der Waals surface area (Å²) >= 11 is 5.42. The van der Waals surface area contributed by atoms with Gasteiger partial charge < -0.3 is 10.1 Å². The number of carbonyl (C=O) groups is 1. The van der Waals surface area contributed by atoms with E-state index in [-0.39, 0.29) is 5.91 Å². The van der Waals surface area contributed by atoms with Crippen LogP contribution in [0.1, 0.15) is 10.5 Å². The van der Waals surface area contributed by atoms with E-state index >= 15 is 0 Å². The molecule has 0 bridgehead atoms. The topological polar surface area (TPSA) is 56.2 Å². The molecular weight excluding hydrogens is 218 g/mol. The fourth-order valence-corrected chi connectivity index (χ4v) is 1.19. The molecule has 0 fully saturated rings. The number of rotatable bonds is 6. The second kappa shape index (κ2) is 6.42. The average Bonchev–Trinajstić information content (AvgIpc) is 2.64. The first-order chi connectivity index (χ1) is 7.25. The molecule has 0 spiro atoms. The zero-order valence-electron chi connectivity index (χ0n) is 8.57. The van der Waals surface area contributed by atoms with Crippen LogP contribution in [-0.2, 0) is 11.8 Å². The SMILES string of the molecule is Cn1nccc1C(=O)NCCOCCCl. The van der Waals surface area contributed by atoms with E-state index in [1.54, 1.807) is 19.3 Å². The maximum Gasteiger partial charge on any atom is 0.269 e. The molecule has 1 aromatic heterocycles. The molecule has 1 amide bonds. The molecule has 1 heterocycles. The Hall–Kier alpha value is -1.07. The summed E-state index contributed by atoms with van der Waals surface area (Å²) in [5.41, 5.74) is 0.535. The van der Waals surface area contributed by atoms with E-state index in [4.69, 9.17) is 16.3 Å². The zero-order valence-corrected chi connectivity index (χ0v) is 9.33. The molecule has 6 heteroatoms. The first-order valence-electron chi connectivity index (χ1n) is 4.65. The van der Waals surface area contributed by atoms with Gasteiger partial charge in [0.15, 0.2) is 0 Å². The van der Waals surface area contributed by atoms with Crippen LogP contribution in [0.25, 0.3) is 0 Å². The van der Waals surface area contributed by atoms with Gasteiger partial charge in [-0.05, 0) is 6.07 Å². The van der Waals surface area contributed by atoms with Gasteiger partial charge in [0.1, 0.15) is 5.69 Å². The van der Waals surface area contributed by atoms with Crippen LogP contribution >= 0.6 is 11.6 Å². The van der Waals surface area contributed by atoms with Gasteiger partial charge in [0.05, 0.1) is 13.2 Å². The van der Waals surface area contributed by atoms with Crippen LogP contribution in [0.2, 0.25) is 0 Å². The van der Waals surface area contributed by atoms with E-state index in [2.05, 4.69) is 10.4 Å². The number of halogens is 1. The Morgan fingerprint density at radius 1 is 1.67 bits per heavy atom. The van der Waals surface area contributed by atoms with Crippen molar-refractivity contribution in [2.45, 2.75) is 0 Å². The number of nitrogens with one attached hydrogen (secondary N) is 1. The Kier molecular flexibility index (Phi) is 5.14. The lowest BCUT2D eigenvalue weighted by Crippen LogP contribution is -2.29. The number of aromatic nitrogens is 2. The number of amides is 1. The van der Waals surface area contributed by atoms with Crippen molar-refractivity contribution >= 4 is 17.5 Å². The van der Waals surface area contributed by atoms with Crippen LogP contribution in [0.3, 0.4) is 0 Å². The fourth-order valence-electron chi connectivity index (χ4n) is 1.08. The van der Waals surface area contributed by atoms with Gasteiger partial charge in [0.25, 0.3) is 5.91 Å². The lowest BCUT2D eigenvalue weighted by molar-refractivity contribution is 0.0914. The molecule has 15 heavy (non-hydrogen) atoms. The second-order valence-electron chi connectivity index (χ2n) is 2.90. The predicted molar refractivity (Wildman–Crippen MR) is 57.1 cm³/mol. The number of hydrogen-bond acceptors (Lipinski definition) is 3. The summed E-state index contributed by atoms with van der Waals surface area (Å²) in [6.45, 7) is 1.44. The predicted octanol–water partition coefficient (Wildman–Crippen LogP) is 0.405. The van der Waals surface area contributed by atoms with Gasteiger partial charge in [0.2, 0.25) is 0 Å². The van der Waals surface area contributed by atoms with Crippen molar-refractivity contribution in [2.75, 3.05) is 25.6 Å². The van der Waals surface area contributed by atoms with Crippen LogP contribution in [0.4, 0.5) is 0 Å². The molecule has 0 aliphatic rings. The average molecular weight is 232 g/mol. The third kappa shape index (κ3) is 3.89. The highest BCUT2D eigenvalue weighted by molar-refractivity contribution is 6.17. The number of hydrogen-bond donors (Lipinski definition) is 1. The molecule has 1 rings (SSSR count). The Bertz CT molecular complexity index is 314. The molecule has 1 N–H and O–H groups in total. The van der Waals surface area contributed by atoms with Crippen molar-refractivity contribution in [2.24, 2.45) is 7.05 Å². The number of nitrogens with zero attached hydrogens (tertiary/aromatic N) is 2. The summed E-state index contributed by atoms with van der Waals surface area (Å²) in [6, 6.07) is 1.66. The standard InChI is InChI=1S/C9H14ClN3O2/c1-13-8(2-4-12-13)9(14)11-5-7-15-6-3-10/h2,4H,3,5-7H2,1H3,(H,11,14). The number of ether oxygens (including phenoxy) is 1. The summed E-state index contributed by atoms with van der Waals surface area (Å²) in [4.78, 5) is 11.5. The van der Waals surface area contributed by atoms with Crippen molar-refractivity contribution in [1.82, 2.24) is 15.1 Å². The highest BCUT2D eigenvalue weighted by Crippen LogP contribution is 1.94. The summed E-state index contributed by atoms with van der Waals surface area (Å²) in [7, 11) is 1.72. The Morgan fingerprint density at radius 2 is 2.47 bits per heavy atom.